The van der Waals surface area contributed by atoms with Crippen molar-refractivity contribution in [1.29, 1.82) is 0 Å². The van der Waals surface area contributed by atoms with Gasteiger partial charge in [0.2, 0.25) is 0 Å². The Morgan fingerprint density at radius 1 is 1.17 bits per heavy atom. The molecule has 1 aromatic heterocycles. The van der Waals surface area contributed by atoms with Crippen LogP contribution in [0.2, 0.25) is 0 Å². The normalized spacial score (nSPS) is 12.9. The molecule has 0 radical (unpaired) electrons. The zero-order valence-corrected chi connectivity index (χ0v) is 10.7. The highest BCUT2D eigenvalue weighted by atomic mass is 16.3. The lowest BCUT2D eigenvalue weighted by Gasteiger charge is -2.10. The van der Waals surface area contributed by atoms with Gasteiger partial charge in [-0.25, -0.2) is 0 Å². The Hall–Kier alpha value is -1.80. The third-order valence-electron chi connectivity index (χ3n) is 2.78. The van der Waals surface area contributed by atoms with Crippen molar-refractivity contribution in [2.75, 3.05) is 6.54 Å². The van der Waals surface area contributed by atoms with Crippen molar-refractivity contribution >= 4 is 6.08 Å². The fraction of sp³-hybridized carbons (Fsp3) is 0.250. The summed E-state index contributed by atoms with van der Waals surface area (Å²) in [5.74, 6) is 1.03. The van der Waals surface area contributed by atoms with Crippen molar-refractivity contribution in [3.05, 3.63) is 66.1 Å². The third-order valence-corrected chi connectivity index (χ3v) is 2.78. The molecule has 2 rings (SSSR count). The molecule has 1 heterocycles. The van der Waals surface area contributed by atoms with Crippen molar-refractivity contribution in [2.24, 2.45) is 0 Å². The van der Waals surface area contributed by atoms with Crippen LogP contribution in [0, 0.1) is 0 Å². The van der Waals surface area contributed by atoms with E-state index in [1.807, 2.05) is 30.3 Å². The van der Waals surface area contributed by atoms with Crippen molar-refractivity contribution in [3.63, 3.8) is 0 Å². The molecule has 2 aromatic rings. The molecular weight excluding hydrogens is 222 g/mol. The van der Waals surface area contributed by atoms with Crippen LogP contribution >= 0.6 is 0 Å². The monoisotopic (exact) mass is 241 g/mol. The number of rotatable bonds is 6. The molecule has 0 aliphatic heterocycles. The SMILES string of the molecule is CC(Cc1ccco1)NC/C=C/c1ccccc1. The van der Waals surface area contributed by atoms with Crippen LogP contribution in [-0.2, 0) is 6.42 Å². The Morgan fingerprint density at radius 3 is 2.72 bits per heavy atom. The number of hydrogen-bond donors (Lipinski definition) is 1. The van der Waals surface area contributed by atoms with Crippen LogP contribution in [0.1, 0.15) is 18.2 Å². The van der Waals surface area contributed by atoms with Gasteiger partial charge in [0.1, 0.15) is 5.76 Å². The molecule has 94 valence electrons. The molecule has 18 heavy (non-hydrogen) atoms. The predicted molar refractivity (Wildman–Crippen MR) is 75.4 cm³/mol. The lowest BCUT2D eigenvalue weighted by molar-refractivity contribution is 0.466. The lowest BCUT2D eigenvalue weighted by Crippen LogP contribution is -2.27. The van der Waals surface area contributed by atoms with Crippen molar-refractivity contribution < 1.29 is 4.42 Å². The molecule has 2 nitrogen and oxygen atoms in total. The molecule has 0 fully saturated rings. The lowest BCUT2D eigenvalue weighted by atomic mass is 10.2. The molecule has 1 unspecified atom stereocenters. The van der Waals surface area contributed by atoms with Crippen LogP contribution in [0.4, 0.5) is 0 Å². The second-order valence-electron chi connectivity index (χ2n) is 4.41. The van der Waals surface area contributed by atoms with E-state index in [0.29, 0.717) is 6.04 Å². The van der Waals surface area contributed by atoms with E-state index in [4.69, 9.17) is 4.42 Å². The molecule has 2 heteroatoms. The zero-order valence-electron chi connectivity index (χ0n) is 10.7. The number of benzene rings is 1. The molecule has 1 N–H and O–H groups in total. The summed E-state index contributed by atoms with van der Waals surface area (Å²) in [7, 11) is 0. The van der Waals surface area contributed by atoms with E-state index < -0.39 is 0 Å². The van der Waals surface area contributed by atoms with Gasteiger partial charge in [-0.1, -0.05) is 42.5 Å². The number of furan rings is 1. The summed E-state index contributed by atoms with van der Waals surface area (Å²) in [6, 6.07) is 14.7. The molecule has 0 bridgehead atoms. The zero-order chi connectivity index (χ0) is 12.6. The second-order valence-corrected chi connectivity index (χ2v) is 4.41. The van der Waals surface area contributed by atoms with E-state index in [0.717, 1.165) is 18.7 Å². The average Bonchev–Trinajstić information content (AvgIpc) is 2.89. The number of nitrogens with one attached hydrogen (secondary N) is 1. The topological polar surface area (TPSA) is 25.2 Å². The van der Waals surface area contributed by atoms with Crippen LogP contribution in [-0.4, -0.2) is 12.6 Å². The summed E-state index contributed by atoms with van der Waals surface area (Å²) in [6.45, 7) is 3.04. The maximum atomic E-state index is 5.32. The summed E-state index contributed by atoms with van der Waals surface area (Å²) in [6.07, 6.45) is 6.92. The Kier molecular flexibility index (Phi) is 4.79. The Balaban J connectivity index is 1.70. The molecule has 0 aliphatic carbocycles. The number of hydrogen-bond acceptors (Lipinski definition) is 2. The maximum absolute atomic E-state index is 5.32. The van der Waals surface area contributed by atoms with Crippen molar-refractivity contribution in [1.82, 2.24) is 5.32 Å². The van der Waals surface area contributed by atoms with Gasteiger partial charge in [0.05, 0.1) is 6.26 Å². The summed E-state index contributed by atoms with van der Waals surface area (Å²) in [5, 5.41) is 3.44. The van der Waals surface area contributed by atoms with Gasteiger partial charge in [0.15, 0.2) is 0 Å². The predicted octanol–water partition coefficient (Wildman–Crippen LogP) is 3.51. The summed E-state index contributed by atoms with van der Waals surface area (Å²) >= 11 is 0. The third kappa shape index (κ3) is 4.22. The van der Waals surface area contributed by atoms with Gasteiger partial charge in [-0.2, -0.15) is 0 Å². The maximum Gasteiger partial charge on any atom is 0.105 e. The molecule has 1 atom stereocenters. The highest BCUT2D eigenvalue weighted by molar-refractivity contribution is 5.48. The van der Waals surface area contributed by atoms with Crippen LogP contribution in [0.5, 0.6) is 0 Å². The fourth-order valence-corrected chi connectivity index (χ4v) is 1.83. The Labute approximate surface area is 108 Å². The molecule has 0 aliphatic rings. The van der Waals surface area contributed by atoms with Crippen molar-refractivity contribution in [3.8, 4) is 0 Å². The minimum absolute atomic E-state index is 0.413. The summed E-state index contributed by atoms with van der Waals surface area (Å²) < 4.78 is 5.32. The smallest absolute Gasteiger partial charge is 0.105 e. The van der Waals surface area contributed by atoms with E-state index in [2.05, 4.69) is 36.5 Å². The van der Waals surface area contributed by atoms with E-state index in [1.54, 1.807) is 6.26 Å². The molecule has 0 amide bonds. The molecule has 0 saturated heterocycles. The minimum atomic E-state index is 0.413. The van der Waals surface area contributed by atoms with Crippen LogP contribution in [0.25, 0.3) is 6.08 Å². The Morgan fingerprint density at radius 2 is 2.00 bits per heavy atom. The van der Waals surface area contributed by atoms with E-state index in [9.17, 15) is 0 Å². The first-order valence-corrected chi connectivity index (χ1v) is 6.32. The fourth-order valence-electron chi connectivity index (χ4n) is 1.83. The van der Waals surface area contributed by atoms with Crippen LogP contribution in [0.15, 0.2) is 59.2 Å². The average molecular weight is 241 g/mol. The summed E-state index contributed by atoms with van der Waals surface area (Å²) in [5.41, 5.74) is 1.23. The molecule has 1 aromatic carbocycles. The van der Waals surface area contributed by atoms with Gasteiger partial charge in [-0.05, 0) is 24.6 Å². The van der Waals surface area contributed by atoms with Gasteiger partial charge in [-0.3, -0.25) is 0 Å². The second kappa shape index (κ2) is 6.82. The highest BCUT2D eigenvalue weighted by Crippen LogP contribution is 2.04. The first kappa shape index (κ1) is 12.7. The van der Waals surface area contributed by atoms with E-state index >= 15 is 0 Å². The van der Waals surface area contributed by atoms with E-state index in [-0.39, 0.29) is 0 Å². The first-order chi connectivity index (χ1) is 8.84. The van der Waals surface area contributed by atoms with Crippen LogP contribution < -0.4 is 5.32 Å². The summed E-state index contributed by atoms with van der Waals surface area (Å²) in [4.78, 5) is 0. The standard InChI is InChI=1S/C16H19NO/c1-14(13-16-10-6-12-18-16)17-11-5-9-15-7-3-2-4-8-15/h2-10,12,14,17H,11,13H2,1H3/b9-5+. The highest BCUT2D eigenvalue weighted by Gasteiger charge is 2.03. The van der Waals surface area contributed by atoms with Gasteiger partial charge < -0.3 is 9.73 Å². The quantitative estimate of drug-likeness (QED) is 0.837. The van der Waals surface area contributed by atoms with Gasteiger partial charge >= 0.3 is 0 Å². The molecule has 0 spiro atoms. The van der Waals surface area contributed by atoms with Gasteiger partial charge in [0, 0.05) is 19.0 Å². The molecule has 0 saturated carbocycles. The largest absolute Gasteiger partial charge is 0.469 e. The van der Waals surface area contributed by atoms with E-state index in [1.165, 1.54) is 5.56 Å². The van der Waals surface area contributed by atoms with Gasteiger partial charge in [0.25, 0.3) is 0 Å². The van der Waals surface area contributed by atoms with Crippen molar-refractivity contribution in [2.45, 2.75) is 19.4 Å². The minimum Gasteiger partial charge on any atom is -0.469 e. The Bertz CT molecular complexity index is 459. The van der Waals surface area contributed by atoms with Gasteiger partial charge in [-0.15, -0.1) is 0 Å². The first-order valence-electron chi connectivity index (χ1n) is 6.32. The molecular formula is C16H19NO. The van der Waals surface area contributed by atoms with Crippen LogP contribution in [0.3, 0.4) is 0 Å².